The van der Waals surface area contributed by atoms with Crippen molar-refractivity contribution >= 4 is 29.1 Å². The first-order valence-corrected chi connectivity index (χ1v) is 6.65. The largest absolute Gasteiger partial charge is 0.478 e. The lowest BCUT2D eigenvalue weighted by atomic mass is 10.2. The second-order valence-corrected chi connectivity index (χ2v) is 5.11. The number of halogens is 1. The lowest BCUT2D eigenvalue weighted by Gasteiger charge is -2.12. The molecule has 1 aromatic heterocycles. The quantitative estimate of drug-likeness (QED) is 0.907. The molecular formula is C14H14ClN3O3. The number of hydrogen-bond acceptors (Lipinski definition) is 4. The van der Waals surface area contributed by atoms with E-state index in [2.05, 4.69) is 10.3 Å². The van der Waals surface area contributed by atoms with E-state index in [-0.39, 0.29) is 28.0 Å². The second-order valence-electron chi connectivity index (χ2n) is 4.71. The maximum Gasteiger partial charge on any atom is 0.337 e. The zero-order valence-corrected chi connectivity index (χ0v) is 12.3. The number of rotatable bonds is 4. The third kappa shape index (κ3) is 3.22. The summed E-state index contributed by atoms with van der Waals surface area (Å²) in [5.41, 5.74) is 0.115. The van der Waals surface area contributed by atoms with Crippen molar-refractivity contribution in [2.45, 2.75) is 19.9 Å². The molecule has 0 fully saturated rings. The van der Waals surface area contributed by atoms with E-state index < -0.39 is 5.97 Å². The van der Waals surface area contributed by atoms with Gasteiger partial charge in [0.15, 0.2) is 5.82 Å². The van der Waals surface area contributed by atoms with Crippen molar-refractivity contribution in [2.24, 2.45) is 0 Å². The maximum atomic E-state index is 12.2. The van der Waals surface area contributed by atoms with Gasteiger partial charge in [0.05, 0.1) is 10.6 Å². The van der Waals surface area contributed by atoms with Crippen LogP contribution in [0.3, 0.4) is 0 Å². The van der Waals surface area contributed by atoms with Crippen LogP contribution in [0.15, 0.2) is 35.4 Å². The number of carbonyl (C=O) groups is 1. The van der Waals surface area contributed by atoms with Crippen LogP contribution in [0.5, 0.6) is 0 Å². The van der Waals surface area contributed by atoms with Crippen LogP contribution in [0.25, 0.3) is 0 Å². The van der Waals surface area contributed by atoms with E-state index >= 15 is 0 Å². The predicted octanol–water partition coefficient (Wildman–Crippen LogP) is 2.92. The molecule has 2 rings (SSSR count). The number of aromatic carboxylic acids is 1. The molecule has 0 saturated heterocycles. The van der Waals surface area contributed by atoms with Crippen molar-refractivity contribution < 1.29 is 9.90 Å². The van der Waals surface area contributed by atoms with Crippen molar-refractivity contribution in [1.29, 1.82) is 0 Å². The zero-order valence-electron chi connectivity index (χ0n) is 11.5. The third-order valence-corrected chi connectivity index (χ3v) is 3.21. The topological polar surface area (TPSA) is 84.2 Å². The Hall–Kier alpha value is -2.34. The third-order valence-electron chi connectivity index (χ3n) is 2.88. The highest BCUT2D eigenvalue weighted by Gasteiger charge is 2.11. The second kappa shape index (κ2) is 5.97. The Morgan fingerprint density at radius 3 is 2.76 bits per heavy atom. The van der Waals surface area contributed by atoms with Gasteiger partial charge in [-0.05, 0) is 32.0 Å². The summed E-state index contributed by atoms with van der Waals surface area (Å²) in [4.78, 5) is 27.2. The SMILES string of the molecule is CC(C)n1ccnc(Nc2ccc(Cl)c(C(=O)O)c2)c1=O. The molecule has 1 heterocycles. The summed E-state index contributed by atoms with van der Waals surface area (Å²) in [5.74, 6) is -1.01. The summed E-state index contributed by atoms with van der Waals surface area (Å²) in [6.07, 6.45) is 3.11. The molecule has 0 atom stereocenters. The van der Waals surface area contributed by atoms with E-state index in [1.54, 1.807) is 12.3 Å². The summed E-state index contributed by atoms with van der Waals surface area (Å²) in [5, 5.41) is 12.0. The monoisotopic (exact) mass is 307 g/mol. The van der Waals surface area contributed by atoms with Gasteiger partial charge in [0, 0.05) is 24.1 Å². The number of carboxylic acid groups (broad SMARTS) is 1. The molecule has 2 aromatic rings. The van der Waals surface area contributed by atoms with Gasteiger partial charge in [-0.15, -0.1) is 0 Å². The Kier molecular flexibility index (Phi) is 4.28. The van der Waals surface area contributed by atoms with Gasteiger partial charge in [0.25, 0.3) is 5.56 Å². The maximum absolute atomic E-state index is 12.2. The van der Waals surface area contributed by atoms with Gasteiger partial charge in [0.2, 0.25) is 0 Å². The van der Waals surface area contributed by atoms with Crippen molar-refractivity contribution in [3.63, 3.8) is 0 Å². The Bertz CT molecular complexity index is 740. The highest BCUT2D eigenvalue weighted by molar-refractivity contribution is 6.33. The Morgan fingerprint density at radius 2 is 2.14 bits per heavy atom. The molecule has 110 valence electrons. The van der Waals surface area contributed by atoms with E-state index in [1.807, 2.05) is 13.8 Å². The van der Waals surface area contributed by atoms with Crippen LogP contribution in [-0.2, 0) is 0 Å². The molecule has 0 aliphatic heterocycles. The van der Waals surface area contributed by atoms with Crippen LogP contribution in [0, 0.1) is 0 Å². The standard InChI is InChI=1S/C14H14ClN3O3/c1-8(2)18-6-5-16-12(13(18)19)17-9-3-4-11(15)10(7-9)14(20)21/h3-8H,1-2H3,(H,16,17)(H,20,21). The minimum atomic E-state index is -1.13. The van der Waals surface area contributed by atoms with Crippen molar-refractivity contribution in [3.05, 3.63) is 51.5 Å². The molecule has 1 aromatic carbocycles. The number of nitrogens with one attached hydrogen (secondary N) is 1. The number of hydrogen-bond donors (Lipinski definition) is 2. The molecule has 7 heteroatoms. The fourth-order valence-corrected chi connectivity index (χ4v) is 2.02. The van der Waals surface area contributed by atoms with Crippen molar-refractivity contribution in [3.8, 4) is 0 Å². The Morgan fingerprint density at radius 1 is 1.43 bits per heavy atom. The fraction of sp³-hybridized carbons (Fsp3) is 0.214. The molecule has 0 bridgehead atoms. The van der Waals surface area contributed by atoms with Crippen molar-refractivity contribution in [1.82, 2.24) is 9.55 Å². The predicted molar refractivity (Wildman–Crippen MR) is 80.6 cm³/mol. The molecule has 0 spiro atoms. The van der Waals surface area contributed by atoms with E-state index in [0.29, 0.717) is 5.69 Å². The summed E-state index contributed by atoms with van der Waals surface area (Å²) < 4.78 is 1.53. The number of benzene rings is 1. The minimum absolute atomic E-state index is 0.000786. The summed E-state index contributed by atoms with van der Waals surface area (Å²) in [7, 11) is 0. The molecule has 6 nitrogen and oxygen atoms in total. The minimum Gasteiger partial charge on any atom is -0.478 e. The van der Waals surface area contributed by atoms with Crippen LogP contribution in [0.2, 0.25) is 5.02 Å². The Balaban J connectivity index is 2.39. The first-order chi connectivity index (χ1) is 9.90. The van der Waals surface area contributed by atoms with Crippen LogP contribution < -0.4 is 10.9 Å². The summed E-state index contributed by atoms with van der Waals surface area (Å²) in [6.45, 7) is 3.77. The first kappa shape index (κ1) is 15.1. The molecule has 0 aliphatic rings. The van der Waals surface area contributed by atoms with Gasteiger partial charge < -0.3 is 15.0 Å². The van der Waals surface area contributed by atoms with E-state index in [1.165, 1.54) is 22.9 Å². The van der Waals surface area contributed by atoms with Gasteiger partial charge >= 0.3 is 5.97 Å². The van der Waals surface area contributed by atoms with Crippen LogP contribution in [-0.4, -0.2) is 20.6 Å². The number of aromatic nitrogens is 2. The first-order valence-electron chi connectivity index (χ1n) is 6.27. The van der Waals surface area contributed by atoms with Crippen molar-refractivity contribution in [2.75, 3.05) is 5.32 Å². The molecule has 0 amide bonds. The lowest BCUT2D eigenvalue weighted by molar-refractivity contribution is 0.0697. The molecule has 0 aliphatic carbocycles. The smallest absolute Gasteiger partial charge is 0.337 e. The normalized spacial score (nSPS) is 10.7. The highest BCUT2D eigenvalue weighted by Crippen LogP contribution is 2.22. The Labute approximate surface area is 126 Å². The van der Waals surface area contributed by atoms with E-state index in [9.17, 15) is 9.59 Å². The van der Waals surface area contributed by atoms with Gasteiger partial charge in [-0.3, -0.25) is 4.79 Å². The van der Waals surface area contributed by atoms with Crippen LogP contribution >= 0.6 is 11.6 Å². The fourth-order valence-electron chi connectivity index (χ4n) is 1.82. The average Bonchev–Trinajstić information content (AvgIpc) is 2.42. The summed E-state index contributed by atoms with van der Waals surface area (Å²) >= 11 is 5.80. The number of carboxylic acids is 1. The van der Waals surface area contributed by atoms with Crippen LogP contribution in [0.1, 0.15) is 30.2 Å². The van der Waals surface area contributed by atoms with E-state index in [4.69, 9.17) is 16.7 Å². The molecule has 21 heavy (non-hydrogen) atoms. The zero-order chi connectivity index (χ0) is 15.6. The molecule has 0 radical (unpaired) electrons. The highest BCUT2D eigenvalue weighted by atomic mass is 35.5. The van der Waals surface area contributed by atoms with Gasteiger partial charge in [0.1, 0.15) is 0 Å². The molecule has 2 N–H and O–H groups in total. The average molecular weight is 308 g/mol. The molecule has 0 saturated carbocycles. The molecular weight excluding hydrogens is 294 g/mol. The van der Waals surface area contributed by atoms with Gasteiger partial charge in [-0.2, -0.15) is 0 Å². The summed E-state index contributed by atoms with van der Waals surface area (Å²) in [6, 6.07) is 4.40. The lowest BCUT2D eigenvalue weighted by Crippen LogP contribution is -2.24. The molecule has 0 unspecified atom stereocenters. The number of anilines is 2. The van der Waals surface area contributed by atoms with Gasteiger partial charge in [-0.25, -0.2) is 9.78 Å². The van der Waals surface area contributed by atoms with Gasteiger partial charge in [-0.1, -0.05) is 11.6 Å². The van der Waals surface area contributed by atoms with E-state index in [0.717, 1.165) is 0 Å². The number of nitrogens with zero attached hydrogens (tertiary/aromatic N) is 2. The van der Waals surface area contributed by atoms with Crippen LogP contribution in [0.4, 0.5) is 11.5 Å².